The van der Waals surface area contributed by atoms with E-state index in [1.807, 2.05) is 12.3 Å². The molecule has 1 aliphatic rings. The van der Waals surface area contributed by atoms with E-state index in [0.717, 1.165) is 24.8 Å². The van der Waals surface area contributed by atoms with Gasteiger partial charge in [0, 0.05) is 13.2 Å². The van der Waals surface area contributed by atoms with Gasteiger partial charge in [0.25, 0.3) is 5.91 Å². The molecule has 5 heteroatoms. The number of rotatable bonds is 4. The highest BCUT2D eigenvalue weighted by Crippen LogP contribution is 2.31. The summed E-state index contributed by atoms with van der Waals surface area (Å²) in [5.41, 5.74) is 0.945. The zero-order valence-corrected chi connectivity index (χ0v) is 12.0. The third-order valence-electron chi connectivity index (χ3n) is 3.68. The molecule has 1 aromatic heterocycles. The molecule has 1 heterocycles. The lowest BCUT2D eigenvalue weighted by Gasteiger charge is -2.17. The fraction of sp³-hybridized carbons (Fsp3) is 0.615. The van der Waals surface area contributed by atoms with Crippen LogP contribution in [0.2, 0.25) is 5.02 Å². The Hall–Kier alpha value is -0.580. The van der Waals surface area contributed by atoms with Crippen molar-refractivity contribution in [2.24, 2.45) is 11.8 Å². The molecule has 0 saturated heterocycles. The van der Waals surface area contributed by atoms with E-state index in [4.69, 9.17) is 11.6 Å². The van der Waals surface area contributed by atoms with Crippen LogP contribution in [0.25, 0.3) is 0 Å². The zero-order chi connectivity index (χ0) is 13.1. The molecule has 1 aromatic rings. The molecular formula is C13H18ClNO2S. The van der Waals surface area contributed by atoms with Crippen molar-refractivity contribution >= 4 is 28.8 Å². The summed E-state index contributed by atoms with van der Waals surface area (Å²) in [6, 6.07) is 0. The van der Waals surface area contributed by atoms with Crippen LogP contribution >= 0.6 is 22.9 Å². The van der Waals surface area contributed by atoms with E-state index >= 15 is 0 Å². The van der Waals surface area contributed by atoms with Crippen LogP contribution in [0.1, 0.15) is 34.5 Å². The van der Waals surface area contributed by atoms with Gasteiger partial charge in [-0.2, -0.15) is 0 Å². The average molecular weight is 288 g/mol. The molecule has 0 aromatic carbocycles. The number of amides is 1. The summed E-state index contributed by atoms with van der Waals surface area (Å²) in [6.45, 7) is 2.76. The number of aryl methyl sites for hydroxylation is 1. The zero-order valence-electron chi connectivity index (χ0n) is 10.4. The summed E-state index contributed by atoms with van der Waals surface area (Å²) in [5.74, 6) is 0.645. The van der Waals surface area contributed by atoms with E-state index in [0.29, 0.717) is 28.3 Å². The van der Waals surface area contributed by atoms with Crippen molar-refractivity contribution < 1.29 is 9.90 Å². The maximum absolute atomic E-state index is 12.0. The topological polar surface area (TPSA) is 49.3 Å². The summed E-state index contributed by atoms with van der Waals surface area (Å²) < 4.78 is 0. The molecule has 1 amide bonds. The quantitative estimate of drug-likeness (QED) is 0.895. The van der Waals surface area contributed by atoms with E-state index in [1.54, 1.807) is 0 Å². The lowest BCUT2D eigenvalue weighted by atomic mass is 9.97. The second kappa shape index (κ2) is 6.04. The fourth-order valence-electron chi connectivity index (χ4n) is 2.51. The first-order valence-electron chi connectivity index (χ1n) is 6.26. The van der Waals surface area contributed by atoms with E-state index < -0.39 is 0 Å². The molecule has 2 atom stereocenters. The van der Waals surface area contributed by atoms with Crippen molar-refractivity contribution in [3.63, 3.8) is 0 Å². The summed E-state index contributed by atoms with van der Waals surface area (Å²) >= 11 is 7.44. The first-order valence-corrected chi connectivity index (χ1v) is 7.52. The second-order valence-electron chi connectivity index (χ2n) is 4.91. The molecule has 0 radical (unpaired) electrons. The van der Waals surface area contributed by atoms with Crippen molar-refractivity contribution in [3.05, 3.63) is 20.8 Å². The molecular weight excluding hydrogens is 270 g/mol. The Labute approximate surface area is 116 Å². The van der Waals surface area contributed by atoms with E-state index in [-0.39, 0.29) is 12.5 Å². The van der Waals surface area contributed by atoms with Crippen molar-refractivity contribution in [2.75, 3.05) is 13.2 Å². The minimum Gasteiger partial charge on any atom is -0.396 e. The van der Waals surface area contributed by atoms with Crippen LogP contribution in [0.3, 0.4) is 0 Å². The molecule has 100 valence electrons. The number of carbonyl (C=O) groups excluding carboxylic acids is 1. The van der Waals surface area contributed by atoms with Gasteiger partial charge in [0.05, 0.1) is 5.02 Å². The van der Waals surface area contributed by atoms with Gasteiger partial charge in [-0.25, -0.2) is 0 Å². The predicted molar refractivity (Wildman–Crippen MR) is 74.3 cm³/mol. The molecule has 1 fully saturated rings. The normalized spacial score (nSPS) is 23.3. The van der Waals surface area contributed by atoms with Crippen LogP contribution in [-0.4, -0.2) is 24.2 Å². The summed E-state index contributed by atoms with van der Waals surface area (Å²) in [5, 5.41) is 14.6. The Morgan fingerprint density at radius 1 is 1.56 bits per heavy atom. The lowest BCUT2D eigenvalue weighted by Crippen LogP contribution is -2.31. The summed E-state index contributed by atoms with van der Waals surface area (Å²) in [7, 11) is 0. The highest BCUT2D eigenvalue weighted by atomic mass is 35.5. The van der Waals surface area contributed by atoms with Crippen molar-refractivity contribution in [2.45, 2.75) is 26.2 Å². The Balaban J connectivity index is 1.90. The van der Waals surface area contributed by atoms with E-state index in [2.05, 4.69) is 5.32 Å². The summed E-state index contributed by atoms with van der Waals surface area (Å²) in [4.78, 5) is 12.6. The van der Waals surface area contributed by atoms with Gasteiger partial charge in [0.15, 0.2) is 0 Å². The number of halogens is 1. The molecule has 0 bridgehead atoms. The third kappa shape index (κ3) is 2.87. The van der Waals surface area contributed by atoms with Crippen LogP contribution in [0.5, 0.6) is 0 Å². The van der Waals surface area contributed by atoms with Gasteiger partial charge < -0.3 is 10.4 Å². The van der Waals surface area contributed by atoms with Crippen molar-refractivity contribution in [1.82, 2.24) is 5.32 Å². The maximum Gasteiger partial charge on any atom is 0.262 e. The average Bonchev–Trinajstić information content (AvgIpc) is 2.94. The number of hydrogen-bond donors (Lipinski definition) is 2. The number of hydrogen-bond acceptors (Lipinski definition) is 3. The number of carbonyl (C=O) groups is 1. The van der Waals surface area contributed by atoms with Crippen LogP contribution in [0, 0.1) is 18.8 Å². The molecule has 3 nitrogen and oxygen atoms in total. The van der Waals surface area contributed by atoms with E-state index in [1.165, 1.54) is 11.3 Å². The van der Waals surface area contributed by atoms with Gasteiger partial charge in [0.1, 0.15) is 4.88 Å². The first-order chi connectivity index (χ1) is 8.63. The molecule has 2 rings (SSSR count). The SMILES string of the molecule is Cc1csc(C(=O)NCC2CCCC2CO)c1Cl. The van der Waals surface area contributed by atoms with Gasteiger partial charge >= 0.3 is 0 Å². The largest absolute Gasteiger partial charge is 0.396 e. The summed E-state index contributed by atoms with van der Waals surface area (Å²) in [6.07, 6.45) is 3.29. The van der Waals surface area contributed by atoms with E-state index in [9.17, 15) is 9.90 Å². The molecule has 0 aliphatic heterocycles. The number of aliphatic hydroxyl groups excluding tert-OH is 1. The Bertz CT molecular complexity index is 433. The Morgan fingerprint density at radius 2 is 2.28 bits per heavy atom. The molecule has 0 spiro atoms. The Morgan fingerprint density at radius 3 is 2.89 bits per heavy atom. The highest BCUT2D eigenvalue weighted by Gasteiger charge is 2.27. The second-order valence-corrected chi connectivity index (χ2v) is 6.16. The van der Waals surface area contributed by atoms with Gasteiger partial charge in [-0.15, -0.1) is 11.3 Å². The fourth-order valence-corrected chi connectivity index (χ4v) is 3.70. The first kappa shape index (κ1) is 13.8. The molecule has 1 aliphatic carbocycles. The number of nitrogens with one attached hydrogen (secondary N) is 1. The number of aliphatic hydroxyl groups is 1. The van der Waals surface area contributed by atoms with Crippen molar-refractivity contribution in [1.29, 1.82) is 0 Å². The monoisotopic (exact) mass is 287 g/mol. The molecule has 1 saturated carbocycles. The van der Waals surface area contributed by atoms with Crippen LogP contribution in [-0.2, 0) is 0 Å². The minimum absolute atomic E-state index is 0.0957. The van der Waals surface area contributed by atoms with Gasteiger partial charge in [-0.1, -0.05) is 18.0 Å². The molecule has 18 heavy (non-hydrogen) atoms. The highest BCUT2D eigenvalue weighted by molar-refractivity contribution is 7.13. The lowest BCUT2D eigenvalue weighted by molar-refractivity contribution is 0.0942. The smallest absolute Gasteiger partial charge is 0.262 e. The van der Waals surface area contributed by atoms with Crippen LogP contribution in [0.4, 0.5) is 0 Å². The molecule has 2 N–H and O–H groups in total. The standard InChI is InChI=1S/C13H18ClNO2S/c1-8-7-18-12(11(8)14)13(17)15-5-9-3-2-4-10(9)6-16/h7,9-10,16H,2-6H2,1H3,(H,15,17). The predicted octanol–water partition coefficient (Wildman–Crippen LogP) is 2.85. The van der Waals surface area contributed by atoms with Gasteiger partial charge in [-0.3, -0.25) is 4.79 Å². The third-order valence-corrected chi connectivity index (χ3v) is 5.38. The van der Waals surface area contributed by atoms with Gasteiger partial charge in [0.2, 0.25) is 0 Å². The number of thiophene rings is 1. The van der Waals surface area contributed by atoms with Crippen LogP contribution in [0.15, 0.2) is 5.38 Å². The maximum atomic E-state index is 12.0. The van der Waals surface area contributed by atoms with Gasteiger partial charge in [-0.05, 0) is 42.5 Å². The molecule has 2 unspecified atom stereocenters. The van der Waals surface area contributed by atoms with Crippen LogP contribution < -0.4 is 5.32 Å². The van der Waals surface area contributed by atoms with Crippen molar-refractivity contribution in [3.8, 4) is 0 Å². The minimum atomic E-state index is -0.0957. The Kier molecular flexibility index (Phi) is 4.65.